The summed E-state index contributed by atoms with van der Waals surface area (Å²) in [5.74, 6) is 2.11. The minimum Gasteiger partial charge on any atom is -0.503 e. The Morgan fingerprint density at radius 2 is 2.00 bits per heavy atom. The van der Waals surface area contributed by atoms with Crippen LogP contribution in [0.5, 0.6) is 5.48 Å². The number of rotatable bonds is 10. The van der Waals surface area contributed by atoms with Gasteiger partial charge in [0.1, 0.15) is 11.6 Å². The van der Waals surface area contributed by atoms with Gasteiger partial charge >= 0.3 is 0 Å². The molecular formula is C23H27O4P. The van der Waals surface area contributed by atoms with Crippen LogP contribution in [0.1, 0.15) is 31.7 Å². The topological polar surface area (TPSA) is 51.2 Å². The average molecular weight is 398 g/mol. The highest BCUT2D eigenvalue weighted by Gasteiger charge is 2.24. The van der Waals surface area contributed by atoms with Crippen molar-refractivity contribution in [3.8, 4) is 5.48 Å². The zero-order valence-electron chi connectivity index (χ0n) is 16.3. The van der Waals surface area contributed by atoms with E-state index in [2.05, 4.69) is 49.1 Å². The maximum atomic E-state index is 10.5. The first-order valence-corrected chi connectivity index (χ1v) is 11.1. The highest BCUT2D eigenvalue weighted by Crippen LogP contribution is 2.38. The van der Waals surface area contributed by atoms with E-state index in [9.17, 15) is 5.11 Å². The second kappa shape index (κ2) is 9.19. The van der Waals surface area contributed by atoms with Crippen LogP contribution in [0.15, 0.2) is 42.2 Å². The third kappa shape index (κ3) is 4.64. The Labute approximate surface area is 167 Å². The second-order valence-electron chi connectivity index (χ2n) is 7.29. The molecule has 1 fully saturated rings. The molecular weight excluding hydrogens is 371 g/mol. The van der Waals surface area contributed by atoms with Crippen LogP contribution < -0.4 is 0 Å². The molecule has 2 atom stereocenters. The smallest absolute Gasteiger partial charge is 0.157 e. The molecule has 0 aliphatic carbocycles. The van der Waals surface area contributed by atoms with E-state index >= 15 is 0 Å². The van der Waals surface area contributed by atoms with Gasteiger partial charge in [0, 0.05) is 12.2 Å². The van der Waals surface area contributed by atoms with Gasteiger partial charge in [0.25, 0.3) is 0 Å². The Hall–Kier alpha value is -1.71. The van der Waals surface area contributed by atoms with E-state index in [0.717, 1.165) is 51.4 Å². The lowest BCUT2D eigenvalue weighted by Crippen LogP contribution is -2.20. The van der Waals surface area contributed by atoms with E-state index in [1.165, 1.54) is 16.2 Å². The number of fused-ring (bicyclic) bond motifs is 3. The standard InChI is InChI=1S/C23H27O4P/c1-2-12-25-22(27-14-17-13-26-17)9-5-8-20-19-11-10-16-6-3-4-7-18(16)21(19)15-28-23(20)24/h3-4,6-7,10-11,15,17,22,24H,2,5,8-9,12-14H2,1H3. The minimum atomic E-state index is -0.198. The molecule has 2 aromatic carbocycles. The van der Waals surface area contributed by atoms with Crippen molar-refractivity contribution < 1.29 is 19.3 Å². The predicted octanol–water partition coefficient (Wildman–Crippen LogP) is 5.77. The quantitative estimate of drug-likeness (QED) is 0.268. The summed E-state index contributed by atoms with van der Waals surface area (Å²) in [5.41, 5.74) is 1.51. The van der Waals surface area contributed by atoms with E-state index < -0.39 is 0 Å². The first-order chi connectivity index (χ1) is 13.8. The Balaban J connectivity index is 1.48. The zero-order valence-corrected chi connectivity index (χ0v) is 17.2. The summed E-state index contributed by atoms with van der Waals surface area (Å²) in [6, 6.07) is 12.7. The van der Waals surface area contributed by atoms with Crippen molar-refractivity contribution in [3.63, 3.8) is 0 Å². The Morgan fingerprint density at radius 3 is 2.82 bits per heavy atom. The van der Waals surface area contributed by atoms with Crippen molar-refractivity contribution in [1.29, 1.82) is 0 Å². The maximum absolute atomic E-state index is 10.5. The predicted molar refractivity (Wildman–Crippen MR) is 114 cm³/mol. The van der Waals surface area contributed by atoms with Crippen LogP contribution in [0.4, 0.5) is 0 Å². The largest absolute Gasteiger partial charge is 0.503 e. The van der Waals surface area contributed by atoms with Crippen LogP contribution in [0.25, 0.3) is 21.5 Å². The van der Waals surface area contributed by atoms with Crippen LogP contribution in [0, 0.1) is 0 Å². The highest BCUT2D eigenvalue weighted by molar-refractivity contribution is 7.32. The number of benzene rings is 2. The van der Waals surface area contributed by atoms with Crippen LogP contribution >= 0.6 is 8.19 Å². The van der Waals surface area contributed by atoms with E-state index in [1.54, 1.807) is 0 Å². The third-order valence-electron chi connectivity index (χ3n) is 5.13. The monoisotopic (exact) mass is 398 g/mol. The molecule has 3 aromatic rings. The van der Waals surface area contributed by atoms with Gasteiger partial charge in [-0.15, -0.1) is 0 Å². The van der Waals surface area contributed by atoms with Crippen molar-refractivity contribution >= 4 is 29.7 Å². The summed E-state index contributed by atoms with van der Waals surface area (Å²) in [6.07, 6.45) is 3.55. The molecule has 0 amide bonds. The molecule has 2 heterocycles. The third-order valence-corrected chi connectivity index (χ3v) is 6.03. The number of ether oxygens (including phenoxy) is 3. The van der Waals surface area contributed by atoms with Gasteiger partial charge in [-0.05, 0) is 61.2 Å². The lowest BCUT2D eigenvalue weighted by Gasteiger charge is -2.18. The fourth-order valence-electron chi connectivity index (χ4n) is 3.56. The first kappa shape index (κ1) is 19.6. The molecule has 5 heteroatoms. The summed E-state index contributed by atoms with van der Waals surface area (Å²) in [4.78, 5) is 0. The van der Waals surface area contributed by atoms with E-state index in [-0.39, 0.29) is 12.4 Å². The van der Waals surface area contributed by atoms with Gasteiger partial charge < -0.3 is 19.3 Å². The molecule has 1 saturated heterocycles. The number of hydrogen-bond donors (Lipinski definition) is 1. The molecule has 4 rings (SSSR count). The first-order valence-electron chi connectivity index (χ1n) is 10.1. The van der Waals surface area contributed by atoms with Crippen molar-refractivity contribution in [1.82, 2.24) is 0 Å². The molecule has 28 heavy (non-hydrogen) atoms. The lowest BCUT2D eigenvalue weighted by molar-refractivity contribution is -0.148. The van der Waals surface area contributed by atoms with Gasteiger partial charge in [0.15, 0.2) is 6.29 Å². The van der Waals surface area contributed by atoms with Crippen LogP contribution in [-0.4, -0.2) is 37.3 Å². The van der Waals surface area contributed by atoms with Gasteiger partial charge in [-0.25, -0.2) is 0 Å². The molecule has 1 aromatic heterocycles. The summed E-state index contributed by atoms with van der Waals surface area (Å²) < 4.78 is 17.0. The van der Waals surface area contributed by atoms with E-state index in [1.807, 2.05) is 0 Å². The maximum Gasteiger partial charge on any atom is 0.157 e. The number of aromatic hydroxyl groups is 1. The SMILES string of the molecule is CCCOC(CCCc1c(O)pcc2c1ccc1ccccc12)OCC1CO1. The average Bonchev–Trinajstić information content (AvgIpc) is 3.55. The molecule has 0 spiro atoms. The number of hydrogen-bond acceptors (Lipinski definition) is 4. The molecule has 1 N–H and O–H groups in total. The minimum absolute atomic E-state index is 0.198. The summed E-state index contributed by atoms with van der Waals surface area (Å²) in [6.45, 7) is 4.20. The molecule has 1 aliphatic rings. The van der Waals surface area contributed by atoms with Gasteiger partial charge in [-0.1, -0.05) is 43.3 Å². The van der Waals surface area contributed by atoms with E-state index in [4.69, 9.17) is 14.2 Å². The molecule has 148 valence electrons. The van der Waals surface area contributed by atoms with E-state index in [0.29, 0.717) is 18.7 Å². The molecule has 0 radical (unpaired) electrons. The molecule has 1 aliphatic heterocycles. The molecule has 4 nitrogen and oxygen atoms in total. The van der Waals surface area contributed by atoms with Gasteiger partial charge in [0.2, 0.25) is 0 Å². The Kier molecular flexibility index (Phi) is 6.43. The summed E-state index contributed by atoms with van der Waals surface area (Å²) >= 11 is 0. The number of epoxide rings is 1. The lowest BCUT2D eigenvalue weighted by atomic mass is 9.99. The fraction of sp³-hybridized carbons (Fsp3) is 0.435. The Morgan fingerprint density at radius 1 is 1.14 bits per heavy atom. The Bertz CT molecular complexity index is 938. The van der Waals surface area contributed by atoms with Crippen molar-refractivity contribution in [2.75, 3.05) is 19.8 Å². The molecule has 0 bridgehead atoms. The van der Waals surface area contributed by atoms with Crippen molar-refractivity contribution in [3.05, 3.63) is 47.8 Å². The van der Waals surface area contributed by atoms with Gasteiger partial charge in [0.05, 0.1) is 13.2 Å². The van der Waals surface area contributed by atoms with Gasteiger partial charge in [-0.3, -0.25) is 0 Å². The molecule has 0 saturated carbocycles. The van der Waals surface area contributed by atoms with Crippen LogP contribution in [-0.2, 0) is 20.6 Å². The number of aryl methyl sites for hydroxylation is 1. The normalized spacial score (nSPS) is 17.5. The highest BCUT2D eigenvalue weighted by atomic mass is 31.0. The summed E-state index contributed by atoms with van der Waals surface area (Å²) in [7, 11) is 0.869. The zero-order chi connectivity index (χ0) is 19.3. The summed E-state index contributed by atoms with van der Waals surface area (Å²) in [5, 5.41) is 15.4. The van der Waals surface area contributed by atoms with Crippen LogP contribution in [0.2, 0.25) is 0 Å². The fourth-order valence-corrected chi connectivity index (χ4v) is 4.47. The van der Waals surface area contributed by atoms with Crippen molar-refractivity contribution in [2.45, 2.75) is 45.0 Å². The second-order valence-corrected chi connectivity index (χ2v) is 8.23. The van der Waals surface area contributed by atoms with Gasteiger partial charge in [-0.2, -0.15) is 0 Å². The molecule has 2 unspecified atom stereocenters. The van der Waals surface area contributed by atoms with Crippen LogP contribution in [0.3, 0.4) is 0 Å². The van der Waals surface area contributed by atoms with Crippen molar-refractivity contribution in [2.24, 2.45) is 0 Å².